The molecule has 2 aliphatic rings. The van der Waals surface area contributed by atoms with Gasteiger partial charge in [0.05, 0.1) is 10.5 Å². The van der Waals surface area contributed by atoms with Gasteiger partial charge in [0.2, 0.25) is 10.0 Å². The fraction of sp³-hybridized carbons (Fsp3) is 0.391. The fourth-order valence-electron chi connectivity index (χ4n) is 4.55. The fourth-order valence-corrected chi connectivity index (χ4v) is 6.21. The number of likely N-dealkylation sites (tertiary alicyclic amines) is 1. The highest BCUT2D eigenvalue weighted by atomic mass is 32.2. The van der Waals surface area contributed by atoms with Crippen LogP contribution in [0.1, 0.15) is 28.8 Å². The normalized spacial score (nSPS) is 19.2. The van der Waals surface area contributed by atoms with Gasteiger partial charge in [-0.3, -0.25) is 4.79 Å². The molecule has 1 N–H and O–H groups in total. The van der Waals surface area contributed by atoms with Crippen molar-refractivity contribution in [3.8, 4) is 0 Å². The number of pyridine rings is 1. The van der Waals surface area contributed by atoms with Crippen LogP contribution >= 0.6 is 0 Å². The van der Waals surface area contributed by atoms with Crippen LogP contribution in [0.4, 0.5) is 0 Å². The summed E-state index contributed by atoms with van der Waals surface area (Å²) in [5.74, 6) is -0.193. The Morgan fingerprint density at radius 1 is 1.09 bits per heavy atom. The molecule has 2 aromatic heterocycles. The summed E-state index contributed by atoms with van der Waals surface area (Å²) in [6.45, 7) is 3.61. The summed E-state index contributed by atoms with van der Waals surface area (Å²) in [5, 5.41) is 2.88. The van der Waals surface area contributed by atoms with Gasteiger partial charge in [-0.15, -0.1) is 0 Å². The molecule has 0 aliphatic carbocycles. The van der Waals surface area contributed by atoms with E-state index >= 15 is 0 Å². The number of hydrogen-bond donors (Lipinski definition) is 1. The number of piperidine rings is 1. The lowest BCUT2D eigenvalue weighted by Crippen LogP contribution is -2.61. The molecule has 1 amide bonds. The van der Waals surface area contributed by atoms with Gasteiger partial charge in [-0.05, 0) is 62.8 Å². The van der Waals surface area contributed by atoms with Crippen LogP contribution in [0.5, 0.6) is 0 Å². The van der Waals surface area contributed by atoms with Crippen LogP contribution in [0.2, 0.25) is 0 Å². The van der Waals surface area contributed by atoms with Crippen molar-refractivity contribution >= 4 is 21.6 Å². The number of amides is 1. The van der Waals surface area contributed by atoms with Gasteiger partial charge in [0.25, 0.3) is 5.91 Å². The zero-order valence-electron chi connectivity index (χ0n) is 18.1. The van der Waals surface area contributed by atoms with E-state index < -0.39 is 10.0 Å². The van der Waals surface area contributed by atoms with Crippen molar-refractivity contribution in [1.29, 1.82) is 0 Å². The molecule has 0 saturated carbocycles. The van der Waals surface area contributed by atoms with E-state index in [1.165, 1.54) is 0 Å². The lowest BCUT2D eigenvalue weighted by Gasteiger charge is -2.52. The zero-order valence-corrected chi connectivity index (χ0v) is 18.9. The molecule has 3 aromatic rings. The van der Waals surface area contributed by atoms with Crippen LogP contribution in [-0.2, 0) is 16.6 Å². The Morgan fingerprint density at radius 3 is 2.53 bits per heavy atom. The summed E-state index contributed by atoms with van der Waals surface area (Å²) < 4.78 is 29.4. The third-order valence-corrected chi connectivity index (χ3v) is 8.54. The summed E-state index contributed by atoms with van der Waals surface area (Å²) in [6, 6.07) is 10.3. The number of hydrogen-bond acceptors (Lipinski definition) is 5. The first-order valence-corrected chi connectivity index (χ1v) is 12.3. The van der Waals surface area contributed by atoms with E-state index in [4.69, 9.17) is 0 Å². The number of benzene rings is 1. The number of carbonyl (C=O) groups excluding carboxylic acids is 1. The smallest absolute Gasteiger partial charge is 0.253 e. The molecule has 8 nitrogen and oxygen atoms in total. The molecule has 2 fully saturated rings. The second-order valence-electron chi connectivity index (χ2n) is 9.01. The average molecular weight is 454 g/mol. The Balaban J connectivity index is 1.19. The predicted molar refractivity (Wildman–Crippen MR) is 121 cm³/mol. The van der Waals surface area contributed by atoms with Crippen molar-refractivity contribution < 1.29 is 13.2 Å². The lowest BCUT2D eigenvalue weighted by molar-refractivity contribution is 0.00752. The molecule has 1 aromatic carbocycles. The summed E-state index contributed by atoms with van der Waals surface area (Å²) in [6.07, 6.45) is 7.32. The maximum Gasteiger partial charge on any atom is 0.253 e. The summed E-state index contributed by atoms with van der Waals surface area (Å²) >= 11 is 0. The molecule has 0 bridgehead atoms. The maximum absolute atomic E-state index is 13.0. The molecule has 2 saturated heterocycles. The van der Waals surface area contributed by atoms with E-state index in [9.17, 15) is 13.2 Å². The third-order valence-electron chi connectivity index (χ3n) is 6.74. The molecule has 0 radical (unpaired) electrons. The molecule has 5 rings (SSSR count). The van der Waals surface area contributed by atoms with Gasteiger partial charge in [-0.25, -0.2) is 13.4 Å². The van der Waals surface area contributed by atoms with Crippen LogP contribution in [0.3, 0.4) is 0 Å². The Morgan fingerprint density at radius 2 is 1.81 bits per heavy atom. The number of aromatic nitrogens is 2. The summed E-state index contributed by atoms with van der Waals surface area (Å²) in [5.41, 5.74) is 2.32. The second kappa shape index (κ2) is 7.99. The number of carbonyl (C=O) groups is 1. The Bertz CT molecular complexity index is 1240. The molecular weight excluding hydrogens is 426 g/mol. The molecule has 2 aliphatic heterocycles. The topological polar surface area (TPSA) is 87.0 Å². The van der Waals surface area contributed by atoms with Gasteiger partial charge < -0.3 is 14.6 Å². The Labute approximate surface area is 187 Å². The van der Waals surface area contributed by atoms with Crippen molar-refractivity contribution in [3.05, 3.63) is 66.1 Å². The number of fused-ring (bicyclic) bond motifs is 1. The minimum absolute atomic E-state index is 0.156. The highest BCUT2D eigenvalue weighted by molar-refractivity contribution is 7.89. The van der Waals surface area contributed by atoms with Crippen molar-refractivity contribution in [2.75, 3.05) is 33.2 Å². The van der Waals surface area contributed by atoms with Crippen molar-refractivity contribution in [1.82, 2.24) is 23.9 Å². The number of rotatable bonds is 5. The highest BCUT2D eigenvalue weighted by Crippen LogP contribution is 2.42. The van der Waals surface area contributed by atoms with Crippen molar-refractivity contribution in [3.63, 3.8) is 0 Å². The second-order valence-corrected chi connectivity index (χ2v) is 11.0. The van der Waals surface area contributed by atoms with E-state index in [2.05, 4.69) is 22.2 Å². The molecule has 168 valence electrons. The average Bonchev–Trinajstić information content (AvgIpc) is 3.25. The lowest BCUT2D eigenvalue weighted by atomic mass is 9.73. The Kier molecular flexibility index (Phi) is 5.27. The number of imidazole rings is 1. The molecule has 0 atom stereocenters. The van der Waals surface area contributed by atoms with Crippen LogP contribution in [-0.4, -0.2) is 66.1 Å². The molecule has 9 heteroatoms. The van der Waals surface area contributed by atoms with Crippen LogP contribution in [0, 0.1) is 5.41 Å². The van der Waals surface area contributed by atoms with Crippen molar-refractivity contribution in [2.45, 2.75) is 24.3 Å². The van der Waals surface area contributed by atoms with E-state index in [0.29, 0.717) is 30.1 Å². The van der Waals surface area contributed by atoms with E-state index in [0.717, 1.165) is 37.1 Å². The van der Waals surface area contributed by atoms with Crippen LogP contribution < -0.4 is 5.32 Å². The first kappa shape index (κ1) is 21.1. The van der Waals surface area contributed by atoms with Crippen LogP contribution in [0.25, 0.3) is 5.65 Å². The van der Waals surface area contributed by atoms with Gasteiger partial charge in [0.1, 0.15) is 5.65 Å². The van der Waals surface area contributed by atoms with E-state index in [1.54, 1.807) is 63.7 Å². The van der Waals surface area contributed by atoms with E-state index in [-0.39, 0.29) is 11.3 Å². The molecule has 32 heavy (non-hydrogen) atoms. The van der Waals surface area contributed by atoms with Gasteiger partial charge in [-0.2, -0.15) is 4.31 Å². The largest absolute Gasteiger partial charge is 0.348 e. The molecule has 0 unspecified atom stereocenters. The first-order valence-electron chi connectivity index (χ1n) is 10.8. The van der Waals surface area contributed by atoms with Gasteiger partial charge in [0.15, 0.2) is 0 Å². The third kappa shape index (κ3) is 3.92. The maximum atomic E-state index is 13.0. The van der Waals surface area contributed by atoms with Gasteiger partial charge in [0, 0.05) is 43.6 Å². The molecular formula is C23H27N5O3S. The molecule has 4 heterocycles. The molecule has 1 spiro atoms. The van der Waals surface area contributed by atoms with Crippen LogP contribution in [0.15, 0.2) is 59.9 Å². The Hall–Kier alpha value is -2.75. The minimum atomic E-state index is -3.47. The first-order chi connectivity index (χ1) is 15.3. The quantitative estimate of drug-likeness (QED) is 0.638. The number of sulfonamides is 1. The minimum Gasteiger partial charge on any atom is -0.348 e. The highest BCUT2D eigenvalue weighted by Gasteiger charge is 2.49. The van der Waals surface area contributed by atoms with E-state index in [1.807, 2.05) is 0 Å². The monoisotopic (exact) mass is 453 g/mol. The predicted octanol–water partition coefficient (Wildman–Crippen LogP) is 1.98. The summed E-state index contributed by atoms with van der Waals surface area (Å²) in [7, 11) is -1.36. The standard InChI is InChI=1S/C23H27N5O3S/c1-26-11-8-23(9-12-26)16-28(17-23)32(30,31)20-5-2-18(3-6-20)14-25-22(29)19-4-7-21-24-10-13-27(21)15-19/h2-7,10,13,15H,8-9,11-12,14,16-17H2,1H3,(H,25,29). The SMILES string of the molecule is CN1CCC2(CC1)CN(S(=O)(=O)c1ccc(CNC(=O)c3ccc4nccn4c3)cc1)C2. The van der Waals surface area contributed by atoms with Gasteiger partial charge in [-0.1, -0.05) is 12.1 Å². The van der Waals surface area contributed by atoms with Crippen molar-refractivity contribution in [2.24, 2.45) is 5.41 Å². The number of nitrogens with zero attached hydrogens (tertiary/aromatic N) is 4. The zero-order chi connectivity index (χ0) is 22.3. The summed E-state index contributed by atoms with van der Waals surface area (Å²) in [4.78, 5) is 19.2. The number of nitrogens with one attached hydrogen (secondary N) is 1. The van der Waals surface area contributed by atoms with Gasteiger partial charge >= 0.3 is 0 Å².